The van der Waals surface area contributed by atoms with Gasteiger partial charge in [-0.1, -0.05) is 6.07 Å². The highest BCUT2D eigenvalue weighted by Gasteiger charge is 2.47. The van der Waals surface area contributed by atoms with Crippen LogP contribution in [0.4, 0.5) is 5.69 Å². The van der Waals surface area contributed by atoms with Crippen LogP contribution in [0.3, 0.4) is 0 Å². The lowest BCUT2D eigenvalue weighted by molar-refractivity contribution is -0.132. The number of hydrogen-bond acceptors (Lipinski definition) is 6. The molecule has 8 heteroatoms. The molecule has 0 saturated carbocycles. The number of ether oxygens (including phenoxy) is 2. The van der Waals surface area contributed by atoms with Gasteiger partial charge in [0.25, 0.3) is 11.7 Å². The molecule has 33 heavy (non-hydrogen) atoms. The first-order valence-electron chi connectivity index (χ1n) is 10.2. The van der Waals surface area contributed by atoms with Crippen LogP contribution in [0.1, 0.15) is 24.1 Å². The van der Waals surface area contributed by atoms with E-state index in [0.29, 0.717) is 39.4 Å². The molecule has 0 bridgehead atoms. The Labute approximate surface area is 199 Å². The van der Waals surface area contributed by atoms with E-state index in [0.717, 1.165) is 0 Å². The summed E-state index contributed by atoms with van der Waals surface area (Å²) in [5, 5.41) is 11.2. The normalized spacial score (nSPS) is 17.3. The van der Waals surface area contributed by atoms with Gasteiger partial charge in [-0.2, -0.15) is 0 Å². The van der Waals surface area contributed by atoms with Crippen molar-refractivity contribution in [3.05, 3.63) is 88.2 Å². The van der Waals surface area contributed by atoms with Gasteiger partial charge in [0.15, 0.2) is 0 Å². The Bertz CT molecular complexity index is 1230. The molecule has 1 N–H and O–H groups in total. The van der Waals surface area contributed by atoms with Gasteiger partial charge in [-0.15, -0.1) is 0 Å². The Hall–Kier alpha value is -3.65. The van der Waals surface area contributed by atoms with E-state index in [1.165, 1.54) is 12.0 Å². The summed E-state index contributed by atoms with van der Waals surface area (Å²) in [7, 11) is 1.53. The number of nitrogens with zero attached hydrogens (tertiary/aromatic N) is 2. The zero-order valence-corrected chi connectivity index (χ0v) is 19.6. The molecular formula is C25H21BrN2O5. The van der Waals surface area contributed by atoms with Crippen LogP contribution < -0.4 is 14.4 Å². The maximum atomic E-state index is 13.2. The Balaban J connectivity index is 1.87. The highest BCUT2D eigenvalue weighted by atomic mass is 79.9. The van der Waals surface area contributed by atoms with Crippen molar-refractivity contribution in [2.24, 2.45) is 0 Å². The fourth-order valence-corrected chi connectivity index (χ4v) is 4.33. The first-order valence-corrected chi connectivity index (χ1v) is 11.0. The zero-order chi connectivity index (χ0) is 23.5. The largest absolute Gasteiger partial charge is 0.507 e. The minimum absolute atomic E-state index is 0.0149. The van der Waals surface area contributed by atoms with E-state index >= 15 is 0 Å². The van der Waals surface area contributed by atoms with E-state index in [2.05, 4.69) is 20.9 Å². The smallest absolute Gasteiger partial charge is 0.300 e. The lowest BCUT2D eigenvalue weighted by Gasteiger charge is -2.25. The fourth-order valence-electron chi connectivity index (χ4n) is 3.79. The summed E-state index contributed by atoms with van der Waals surface area (Å²) in [5.74, 6) is -0.563. The third-order valence-corrected chi connectivity index (χ3v) is 5.92. The van der Waals surface area contributed by atoms with Crippen molar-refractivity contribution < 1.29 is 24.2 Å². The molecule has 168 valence electrons. The maximum absolute atomic E-state index is 13.2. The summed E-state index contributed by atoms with van der Waals surface area (Å²) in [5.41, 5.74) is 1.46. The summed E-state index contributed by atoms with van der Waals surface area (Å²) in [6, 6.07) is 14.5. The number of ketones is 1. The van der Waals surface area contributed by atoms with Crippen molar-refractivity contribution in [3.63, 3.8) is 0 Å². The van der Waals surface area contributed by atoms with Crippen LogP contribution in [-0.4, -0.2) is 35.5 Å². The van der Waals surface area contributed by atoms with E-state index in [1.54, 1.807) is 67.0 Å². The van der Waals surface area contributed by atoms with Crippen LogP contribution in [0.5, 0.6) is 11.5 Å². The van der Waals surface area contributed by atoms with Gasteiger partial charge in [0.2, 0.25) is 0 Å². The summed E-state index contributed by atoms with van der Waals surface area (Å²) < 4.78 is 11.3. The number of halogens is 1. The molecule has 1 aromatic heterocycles. The second-order valence-corrected chi connectivity index (χ2v) is 8.09. The SMILES string of the molecule is CCOc1ccc(N2C(=O)C(=O)/C(=C(\O)c3ccc(OC)c(Br)c3)C2c2cccnc2)cc1. The van der Waals surface area contributed by atoms with Gasteiger partial charge in [0.05, 0.1) is 29.8 Å². The third kappa shape index (κ3) is 4.21. The number of anilines is 1. The van der Waals surface area contributed by atoms with Gasteiger partial charge in [-0.3, -0.25) is 19.5 Å². The van der Waals surface area contributed by atoms with Crippen LogP contribution in [0.2, 0.25) is 0 Å². The predicted octanol–water partition coefficient (Wildman–Crippen LogP) is 4.88. The number of aliphatic hydroxyl groups excluding tert-OH is 1. The number of aliphatic hydroxyl groups is 1. The Kier molecular flexibility index (Phi) is 6.46. The highest BCUT2D eigenvalue weighted by molar-refractivity contribution is 9.10. The molecular weight excluding hydrogens is 488 g/mol. The van der Waals surface area contributed by atoms with E-state index in [9.17, 15) is 14.7 Å². The molecule has 2 heterocycles. The number of carbonyl (C=O) groups excluding carboxylic acids is 2. The van der Waals surface area contributed by atoms with Crippen molar-refractivity contribution in [1.82, 2.24) is 4.98 Å². The number of aromatic nitrogens is 1. The van der Waals surface area contributed by atoms with Gasteiger partial charge in [-0.25, -0.2) is 0 Å². The Morgan fingerprint density at radius 2 is 1.91 bits per heavy atom. The number of hydrogen-bond donors (Lipinski definition) is 1. The molecule has 1 aliphatic heterocycles. The number of carbonyl (C=O) groups is 2. The molecule has 4 rings (SSSR count). The van der Waals surface area contributed by atoms with Crippen LogP contribution >= 0.6 is 15.9 Å². The summed E-state index contributed by atoms with van der Waals surface area (Å²) in [6.45, 7) is 2.39. The second-order valence-electron chi connectivity index (χ2n) is 7.23. The summed E-state index contributed by atoms with van der Waals surface area (Å²) in [6.07, 6.45) is 3.18. The molecule has 1 unspecified atom stereocenters. The van der Waals surface area contributed by atoms with E-state index in [1.807, 2.05) is 6.92 Å². The zero-order valence-electron chi connectivity index (χ0n) is 18.0. The van der Waals surface area contributed by atoms with Crippen molar-refractivity contribution in [2.45, 2.75) is 13.0 Å². The molecule has 3 aromatic rings. The lowest BCUT2D eigenvalue weighted by atomic mass is 9.96. The van der Waals surface area contributed by atoms with Crippen molar-refractivity contribution in [2.75, 3.05) is 18.6 Å². The first-order chi connectivity index (χ1) is 16.0. The van der Waals surface area contributed by atoms with Crippen LogP contribution in [-0.2, 0) is 9.59 Å². The Morgan fingerprint density at radius 3 is 2.52 bits per heavy atom. The van der Waals surface area contributed by atoms with E-state index in [4.69, 9.17) is 9.47 Å². The van der Waals surface area contributed by atoms with Gasteiger partial charge in [-0.05, 0) is 76.9 Å². The quantitative estimate of drug-likeness (QED) is 0.290. The molecule has 7 nitrogen and oxygen atoms in total. The molecule has 1 amide bonds. The molecule has 0 aliphatic carbocycles. The summed E-state index contributed by atoms with van der Waals surface area (Å²) in [4.78, 5) is 31.9. The third-order valence-electron chi connectivity index (χ3n) is 5.30. The minimum atomic E-state index is -0.850. The lowest BCUT2D eigenvalue weighted by Crippen LogP contribution is -2.29. The van der Waals surface area contributed by atoms with E-state index in [-0.39, 0.29) is 11.3 Å². The second kappa shape index (κ2) is 9.46. The monoisotopic (exact) mass is 508 g/mol. The van der Waals surface area contributed by atoms with Gasteiger partial charge in [0.1, 0.15) is 17.3 Å². The Morgan fingerprint density at radius 1 is 1.15 bits per heavy atom. The van der Waals surface area contributed by atoms with Crippen LogP contribution in [0.25, 0.3) is 5.76 Å². The number of amides is 1. The molecule has 1 saturated heterocycles. The predicted molar refractivity (Wildman–Crippen MR) is 127 cm³/mol. The molecule has 1 aliphatic rings. The van der Waals surface area contributed by atoms with Crippen LogP contribution in [0.15, 0.2) is 77.0 Å². The highest BCUT2D eigenvalue weighted by Crippen LogP contribution is 2.42. The van der Waals surface area contributed by atoms with Gasteiger partial charge in [0, 0.05) is 23.6 Å². The first kappa shape index (κ1) is 22.5. The maximum Gasteiger partial charge on any atom is 0.300 e. The molecule has 0 radical (unpaired) electrons. The number of pyridine rings is 1. The topological polar surface area (TPSA) is 89.0 Å². The van der Waals surface area contributed by atoms with Gasteiger partial charge >= 0.3 is 0 Å². The molecule has 2 aromatic carbocycles. The molecule has 0 spiro atoms. The average Bonchev–Trinajstić information content (AvgIpc) is 3.10. The van der Waals surface area contributed by atoms with Gasteiger partial charge < -0.3 is 14.6 Å². The van der Waals surface area contributed by atoms with Crippen molar-refractivity contribution >= 4 is 39.1 Å². The summed E-state index contributed by atoms with van der Waals surface area (Å²) >= 11 is 3.40. The molecule has 1 atom stereocenters. The average molecular weight is 509 g/mol. The van der Waals surface area contributed by atoms with E-state index < -0.39 is 17.7 Å². The number of rotatable bonds is 6. The standard InChI is InChI=1S/C25H21BrN2O5/c1-3-33-18-9-7-17(8-10-18)28-22(16-5-4-12-27-14-16)21(24(30)25(28)31)23(29)15-6-11-20(32-2)19(26)13-15/h4-14,22,29H,3H2,1-2H3/b23-21-. The number of methoxy groups -OCH3 is 1. The molecule has 1 fully saturated rings. The van der Waals surface area contributed by atoms with Crippen LogP contribution in [0, 0.1) is 0 Å². The van der Waals surface area contributed by atoms with Crippen molar-refractivity contribution in [3.8, 4) is 11.5 Å². The minimum Gasteiger partial charge on any atom is -0.507 e. The van der Waals surface area contributed by atoms with Crippen molar-refractivity contribution in [1.29, 1.82) is 0 Å². The fraction of sp³-hybridized carbons (Fsp3) is 0.160. The number of benzene rings is 2. The number of Topliss-reactive ketones (excluding diaryl/α,β-unsaturated/α-hetero) is 1.